The number of aromatic nitrogens is 2. The number of benzene rings is 5. The van der Waals surface area contributed by atoms with Gasteiger partial charge in [-0.3, -0.25) is 4.39 Å². The average Bonchev–Trinajstić information content (AvgIpc) is 3.76. The summed E-state index contributed by atoms with van der Waals surface area (Å²) in [6, 6.07) is 37.6. The van der Waals surface area contributed by atoms with Crippen molar-refractivity contribution in [1.82, 2.24) is 9.97 Å². The number of hydrogen-bond acceptors (Lipinski definition) is 4. The van der Waals surface area contributed by atoms with Gasteiger partial charge in [0.15, 0.2) is 0 Å². The summed E-state index contributed by atoms with van der Waals surface area (Å²) in [6.45, 7) is 24.2. The summed E-state index contributed by atoms with van der Waals surface area (Å²) in [5.74, 6) is -0.494. The third-order valence-corrected chi connectivity index (χ3v) is 14.4. The molecule has 9 heteroatoms. The van der Waals surface area contributed by atoms with E-state index in [1.165, 1.54) is 28.3 Å². The number of pyridine rings is 2. The molecule has 5 aromatic carbocycles. The molecule has 9 rings (SSSR count). The fourth-order valence-corrected chi connectivity index (χ4v) is 11.2. The first-order chi connectivity index (χ1) is 28.3. The summed E-state index contributed by atoms with van der Waals surface area (Å²) in [7, 11) is -1.45. The van der Waals surface area contributed by atoms with Crippen molar-refractivity contribution in [2.45, 2.75) is 92.0 Å². The third kappa shape index (κ3) is 8.55. The maximum absolute atomic E-state index is 14.5. The van der Waals surface area contributed by atoms with Gasteiger partial charge in [-0.1, -0.05) is 114 Å². The summed E-state index contributed by atoms with van der Waals surface area (Å²) >= 11 is 1.71. The van der Waals surface area contributed by atoms with Crippen LogP contribution in [0.4, 0.5) is 25.8 Å². The second kappa shape index (κ2) is 16.5. The van der Waals surface area contributed by atoms with Crippen LogP contribution < -0.4 is 10.1 Å². The van der Waals surface area contributed by atoms with E-state index in [1.807, 2.05) is 26.1 Å². The summed E-state index contributed by atoms with van der Waals surface area (Å²) in [5.41, 5.74) is 9.89. The molecule has 1 unspecified atom stereocenters. The van der Waals surface area contributed by atoms with Crippen LogP contribution in [0.5, 0.6) is 0 Å². The monoisotopic (exact) mass is 1020 g/mol. The molecule has 0 N–H and O–H groups in total. The van der Waals surface area contributed by atoms with E-state index in [1.54, 1.807) is 29.5 Å². The minimum atomic E-state index is -1.45. The summed E-state index contributed by atoms with van der Waals surface area (Å²) in [6.07, 6.45) is 1.67. The normalized spacial score (nSPS) is 14.1. The van der Waals surface area contributed by atoms with Crippen molar-refractivity contribution < 1.29 is 28.9 Å². The summed E-state index contributed by atoms with van der Waals surface area (Å²) in [5, 5.41) is 11.3. The molecule has 0 amide bonds. The zero-order valence-corrected chi connectivity index (χ0v) is 40.9. The SMILES string of the molecule is CC(C)(C)c1cc(-c2[c-]cc(F)cc2)ncc1[Si](C)(C)C.Cc1cc(F)cc(C)c1N1c2c(ccc3ccccc23)[N-]C1c1[c-]ccc2c1sc1nc(C(C)(C)C)ccc12.[Ir+3]. The topological polar surface area (TPSA) is 43.1 Å². The molecule has 4 nitrogen and oxygen atoms in total. The van der Waals surface area contributed by atoms with Gasteiger partial charge in [0.05, 0.1) is 8.07 Å². The van der Waals surface area contributed by atoms with E-state index in [-0.39, 0.29) is 48.7 Å². The Kier molecular flexibility index (Phi) is 12.0. The van der Waals surface area contributed by atoms with Gasteiger partial charge in [-0.2, -0.15) is 29.5 Å². The smallest absolute Gasteiger partial charge is 0.661 e. The van der Waals surface area contributed by atoms with Crippen molar-refractivity contribution in [2.24, 2.45) is 0 Å². The Morgan fingerprint density at radius 1 is 0.754 bits per heavy atom. The molecule has 1 atom stereocenters. The summed E-state index contributed by atoms with van der Waals surface area (Å²) in [4.78, 5) is 13.0. The molecule has 1 aliphatic heterocycles. The number of fused-ring (bicyclic) bond motifs is 6. The van der Waals surface area contributed by atoms with E-state index in [0.29, 0.717) is 0 Å². The van der Waals surface area contributed by atoms with Gasteiger partial charge in [0.25, 0.3) is 0 Å². The predicted molar refractivity (Wildman–Crippen MR) is 253 cm³/mol. The van der Waals surface area contributed by atoms with E-state index in [4.69, 9.17) is 10.3 Å². The van der Waals surface area contributed by atoms with Crippen LogP contribution in [-0.4, -0.2) is 18.0 Å². The molecule has 0 radical (unpaired) electrons. The van der Waals surface area contributed by atoms with Crippen molar-refractivity contribution in [3.63, 3.8) is 0 Å². The van der Waals surface area contributed by atoms with Crippen LogP contribution in [0.1, 0.15) is 75.7 Å². The quantitative estimate of drug-likeness (QED) is 0.130. The Morgan fingerprint density at radius 3 is 2.13 bits per heavy atom. The fourth-order valence-electron chi connectivity index (χ4n) is 8.26. The standard InChI is InChI=1S/C34H28FN3S.C18H23FNSi.Ir/c1-19-17-22(35)18-20(2)29(19)38-30-23-10-7-6-9-21(23)13-15-27(30)36-32(38)26-12-8-11-24-25-14-16-28(34(3,4)5)37-33(25)39-31(24)26;1-18(2,3)15-11-16(13-7-9-14(19)10-8-13)20-12-17(15)21(4,5)6;/h6-11,13-18,32H,1-5H3;7,9-12H,1-6H3;/q-2;-1;+3. The van der Waals surface area contributed by atoms with Crippen LogP contribution in [0.2, 0.25) is 19.6 Å². The molecule has 0 saturated carbocycles. The van der Waals surface area contributed by atoms with Crippen molar-refractivity contribution in [2.75, 3.05) is 4.90 Å². The van der Waals surface area contributed by atoms with Gasteiger partial charge in [-0.05, 0) is 82.0 Å². The second-order valence-corrected chi connectivity index (χ2v) is 25.0. The molecule has 0 saturated heterocycles. The first kappa shape index (κ1) is 44.3. The zero-order valence-electron chi connectivity index (χ0n) is 36.7. The number of anilines is 2. The van der Waals surface area contributed by atoms with E-state index in [9.17, 15) is 8.78 Å². The van der Waals surface area contributed by atoms with Gasteiger partial charge in [-0.15, -0.1) is 46.5 Å². The molecule has 8 aromatic rings. The van der Waals surface area contributed by atoms with Crippen LogP contribution in [0.15, 0.2) is 103 Å². The number of hydrogen-bond donors (Lipinski definition) is 0. The van der Waals surface area contributed by atoms with Crippen LogP contribution in [0.3, 0.4) is 0 Å². The number of aryl methyl sites for hydroxylation is 2. The minimum absolute atomic E-state index is 0. The van der Waals surface area contributed by atoms with Crippen LogP contribution in [-0.2, 0) is 30.9 Å². The number of nitrogens with zero attached hydrogens (tertiary/aromatic N) is 4. The first-order valence-electron chi connectivity index (χ1n) is 20.5. The first-order valence-corrected chi connectivity index (χ1v) is 24.8. The van der Waals surface area contributed by atoms with Crippen molar-refractivity contribution in [1.29, 1.82) is 0 Å². The molecule has 3 aromatic heterocycles. The summed E-state index contributed by atoms with van der Waals surface area (Å²) < 4.78 is 28.6. The van der Waals surface area contributed by atoms with Gasteiger partial charge >= 0.3 is 20.1 Å². The Labute approximate surface area is 377 Å². The Hall–Kier alpha value is -4.79. The maximum atomic E-state index is 14.5. The number of halogens is 2. The van der Waals surface area contributed by atoms with Crippen molar-refractivity contribution in [3.05, 3.63) is 160 Å². The molecule has 0 bridgehead atoms. The van der Waals surface area contributed by atoms with E-state index in [0.717, 1.165) is 76.4 Å². The molecule has 0 aliphatic carbocycles. The Morgan fingerprint density at radius 2 is 1.48 bits per heavy atom. The maximum Gasteiger partial charge on any atom is 3.00 e. The van der Waals surface area contributed by atoms with Gasteiger partial charge in [0, 0.05) is 39.9 Å². The van der Waals surface area contributed by atoms with Crippen molar-refractivity contribution >= 4 is 72.7 Å². The second-order valence-electron chi connectivity index (χ2n) is 19.0. The Balaban J connectivity index is 0.000000217. The fraction of sp³-hybridized carbons (Fsp3) is 0.269. The largest absolute Gasteiger partial charge is 3.00 e. The molecule has 61 heavy (non-hydrogen) atoms. The molecule has 312 valence electrons. The zero-order chi connectivity index (χ0) is 42.9. The van der Waals surface area contributed by atoms with Gasteiger partial charge in [0.2, 0.25) is 0 Å². The molecular formula is C52H51F2IrN4SSi. The van der Waals surface area contributed by atoms with Gasteiger partial charge in [0.1, 0.15) is 10.6 Å². The minimum Gasteiger partial charge on any atom is -0.661 e. The van der Waals surface area contributed by atoms with Crippen LogP contribution in [0.25, 0.3) is 47.6 Å². The van der Waals surface area contributed by atoms with Crippen LogP contribution in [0, 0.1) is 37.6 Å². The molecular weight excluding hydrogens is 971 g/mol. The predicted octanol–water partition coefficient (Wildman–Crippen LogP) is 14.8. The Bertz CT molecular complexity index is 2900. The average molecular weight is 1020 g/mol. The number of thiophene rings is 1. The van der Waals surface area contributed by atoms with Crippen molar-refractivity contribution in [3.8, 4) is 11.3 Å². The molecule has 0 spiro atoms. The number of rotatable bonds is 4. The van der Waals surface area contributed by atoms with E-state index in [2.05, 4.69) is 144 Å². The molecule has 1 aliphatic rings. The molecule has 0 fully saturated rings. The van der Waals surface area contributed by atoms with E-state index < -0.39 is 8.07 Å². The van der Waals surface area contributed by atoms with E-state index >= 15 is 0 Å². The van der Waals surface area contributed by atoms with Crippen LogP contribution >= 0.6 is 11.3 Å². The van der Waals surface area contributed by atoms with Gasteiger partial charge < -0.3 is 15.2 Å². The van der Waals surface area contributed by atoms with Gasteiger partial charge in [-0.25, -0.2) is 9.37 Å². The third-order valence-electron chi connectivity index (χ3n) is 11.2. The molecule has 4 heterocycles.